The van der Waals surface area contributed by atoms with Crippen molar-refractivity contribution in [2.24, 2.45) is 11.8 Å². The highest BCUT2D eigenvalue weighted by Crippen LogP contribution is 2.29. The van der Waals surface area contributed by atoms with Crippen molar-refractivity contribution in [2.75, 3.05) is 0 Å². The Labute approximate surface area is 125 Å². The Bertz CT molecular complexity index is 265. The second kappa shape index (κ2) is 10.2. The first-order chi connectivity index (χ1) is 9.45. The Hall–Kier alpha value is -0.570. The van der Waals surface area contributed by atoms with Gasteiger partial charge in [0.05, 0.1) is 5.92 Å². The molecule has 0 fully saturated rings. The molecule has 0 aliphatic heterocycles. The summed E-state index contributed by atoms with van der Waals surface area (Å²) in [4.78, 5) is 12.3. The van der Waals surface area contributed by atoms with Crippen LogP contribution in [0, 0.1) is 11.8 Å². The van der Waals surface area contributed by atoms with Crippen molar-refractivity contribution in [3.63, 3.8) is 0 Å². The molecule has 0 heterocycles. The average Bonchev–Trinajstić information content (AvgIpc) is 2.45. The Morgan fingerprint density at radius 1 is 1.10 bits per heavy atom. The number of rotatable bonds is 11. The summed E-state index contributed by atoms with van der Waals surface area (Å²) in [5.74, 6) is -1.62. The second-order valence-corrected chi connectivity index (χ2v) is 5.91. The van der Waals surface area contributed by atoms with E-state index in [1.807, 2.05) is 20.8 Å². The van der Waals surface area contributed by atoms with Crippen molar-refractivity contribution in [3.8, 4) is 0 Å². The third-order valence-corrected chi connectivity index (χ3v) is 4.28. The van der Waals surface area contributed by atoms with Crippen LogP contribution in [0.4, 0.5) is 0 Å². The first-order valence-corrected chi connectivity index (χ1v) is 8.40. The first kappa shape index (κ1) is 19.4. The number of carbonyl (C=O) groups is 1. The minimum atomic E-state index is -1.30. The van der Waals surface area contributed by atoms with E-state index in [0.29, 0.717) is 6.42 Å². The third kappa shape index (κ3) is 6.25. The van der Waals surface area contributed by atoms with Crippen LogP contribution >= 0.6 is 0 Å². The van der Waals surface area contributed by atoms with Crippen LogP contribution in [0.5, 0.6) is 0 Å². The number of unbranched alkanes of at least 4 members (excludes halogenated alkanes) is 2. The molecule has 0 rings (SSSR count). The van der Waals surface area contributed by atoms with Gasteiger partial charge in [0, 0.05) is 12.3 Å². The van der Waals surface area contributed by atoms with E-state index in [2.05, 4.69) is 13.8 Å². The minimum Gasteiger partial charge on any atom is -0.433 e. The summed E-state index contributed by atoms with van der Waals surface area (Å²) in [5, 5.41) is 10.6. The Morgan fingerprint density at radius 3 is 2.10 bits per heavy atom. The fourth-order valence-electron chi connectivity index (χ4n) is 2.45. The summed E-state index contributed by atoms with van der Waals surface area (Å²) < 4.78 is 5.51. The van der Waals surface area contributed by atoms with Gasteiger partial charge in [-0.1, -0.05) is 60.3 Å². The van der Waals surface area contributed by atoms with Crippen LogP contribution in [-0.4, -0.2) is 16.9 Å². The topological polar surface area (TPSA) is 46.5 Å². The van der Waals surface area contributed by atoms with E-state index in [-0.39, 0.29) is 17.8 Å². The lowest BCUT2D eigenvalue weighted by Crippen LogP contribution is -2.42. The summed E-state index contributed by atoms with van der Waals surface area (Å²) in [6, 6.07) is 0. The van der Waals surface area contributed by atoms with E-state index in [0.717, 1.165) is 44.9 Å². The van der Waals surface area contributed by atoms with Gasteiger partial charge in [-0.3, -0.25) is 4.79 Å². The molecular formula is C17H34O3. The number of esters is 1. The second-order valence-electron chi connectivity index (χ2n) is 5.91. The van der Waals surface area contributed by atoms with Crippen LogP contribution in [-0.2, 0) is 9.53 Å². The summed E-state index contributed by atoms with van der Waals surface area (Å²) in [6.45, 7) is 10.1. The first-order valence-electron chi connectivity index (χ1n) is 8.40. The number of ether oxygens (including phenoxy) is 1. The molecule has 20 heavy (non-hydrogen) atoms. The highest BCUT2D eigenvalue weighted by Gasteiger charge is 2.37. The van der Waals surface area contributed by atoms with Crippen LogP contribution in [0.25, 0.3) is 0 Å². The minimum absolute atomic E-state index is 0.0138. The molecule has 0 aromatic carbocycles. The normalized spacial score (nSPS) is 17.3. The van der Waals surface area contributed by atoms with E-state index < -0.39 is 5.79 Å². The number of carbonyl (C=O) groups excluding carboxylic acids is 1. The average molecular weight is 286 g/mol. The highest BCUT2D eigenvalue weighted by atomic mass is 16.7. The van der Waals surface area contributed by atoms with Crippen LogP contribution in [0.2, 0.25) is 0 Å². The fraction of sp³-hybridized carbons (Fsp3) is 0.941. The molecular weight excluding hydrogens is 252 g/mol. The molecule has 3 unspecified atom stereocenters. The quantitative estimate of drug-likeness (QED) is 0.443. The Morgan fingerprint density at radius 2 is 1.65 bits per heavy atom. The zero-order chi connectivity index (χ0) is 15.6. The standard InChI is InChI=1S/C17H34O3/c1-6-10-12-14(5)17(19,9-4)20-16(18)15(8-3)13-11-7-2/h14-15,19H,6-13H2,1-5H3. The van der Waals surface area contributed by atoms with Crippen molar-refractivity contribution in [1.29, 1.82) is 0 Å². The predicted octanol–water partition coefficient (Wildman–Crippen LogP) is 4.67. The molecule has 0 saturated carbocycles. The molecule has 0 aliphatic rings. The molecule has 0 saturated heterocycles. The van der Waals surface area contributed by atoms with E-state index in [1.165, 1.54) is 0 Å². The van der Waals surface area contributed by atoms with Gasteiger partial charge in [-0.05, 0) is 19.3 Å². The van der Waals surface area contributed by atoms with Gasteiger partial charge < -0.3 is 9.84 Å². The van der Waals surface area contributed by atoms with Crippen LogP contribution in [0.3, 0.4) is 0 Å². The van der Waals surface area contributed by atoms with Crippen LogP contribution < -0.4 is 0 Å². The molecule has 3 atom stereocenters. The molecule has 3 heteroatoms. The van der Waals surface area contributed by atoms with Gasteiger partial charge in [-0.15, -0.1) is 0 Å². The molecule has 0 bridgehead atoms. The molecule has 120 valence electrons. The number of hydrogen-bond acceptors (Lipinski definition) is 3. The molecule has 0 amide bonds. The van der Waals surface area contributed by atoms with Gasteiger partial charge in [-0.25, -0.2) is 0 Å². The number of aliphatic hydroxyl groups is 1. The number of hydrogen-bond donors (Lipinski definition) is 1. The van der Waals surface area contributed by atoms with Crippen molar-refractivity contribution < 1.29 is 14.6 Å². The Balaban J connectivity index is 4.61. The van der Waals surface area contributed by atoms with Gasteiger partial charge in [0.1, 0.15) is 0 Å². The smallest absolute Gasteiger partial charge is 0.311 e. The maximum absolute atomic E-state index is 12.3. The summed E-state index contributed by atoms with van der Waals surface area (Å²) in [7, 11) is 0. The van der Waals surface area contributed by atoms with Gasteiger partial charge in [0.2, 0.25) is 5.79 Å². The molecule has 0 aliphatic carbocycles. The summed E-state index contributed by atoms with van der Waals surface area (Å²) >= 11 is 0. The maximum atomic E-state index is 12.3. The van der Waals surface area contributed by atoms with Crippen LogP contribution in [0.1, 0.15) is 86.0 Å². The maximum Gasteiger partial charge on any atom is 0.311 e. The monoisotopic (exact) mass is 286 g/mol. The van der Waals surface area contributed by atoms with Crippen molar-refractivity contribution >= 4 is 5.97 Å². The SMILES string of the molecule is CCCCC(CC)C(=O)OC(O)(CC)C(C)CCCC. The largest absolute Gasteiger partial charge is 0.433 e. The molecule has 0 aromatic heterocycles. The highest BCUT2D eigenvalue weighted by molar-refractivity contribution is 5.72. The van der Waals surface area contributed by atoms with Gasteiger partial charge in [0.25, 0.3) is 0 Å². The van der Waals surface area contributed by atoms with Crippen molar-refractivity contribution in [1.82, 2.24) is 0 Å². The Kier molecular flexibility index (Phi) is 9.91. The lowest BCUT2D eigenvalue weighted by atomic mass is 9.92. The van der Waals surface area contributed by atoms with Crippen molar-refractivity contribution in [3.05, 3.63) is 0 Å². The summed E-state index contributed by atoms with van der Waals surface area (Å²) in [6.07, 6.45) is 7.23. The van der Waals surface area contributed by atoms with Gasteiger partial charge in [0.15, 0.2) is 0 Å². The van der Waals surface area contributed by atoms with E-state index in [1.54, 1.807) is 0 Å². The van der Waals surface area contributed by atoms with E-state index in [4.69, 9.17) is 4.74 Å². The molecule has 0 aromatic rings. The molecule has 0 spiro atoms. The van der Waals surface area contributed by atoms with Crippen molar-refractivity contribution in [2.45, 2.75) is 91.8 Å². The lowest BCUT2D eigenvalue weighted by molar-refractivity contribution is -0.235. The zero-order valence-electron chi connectivity index (χ0n) is 14.1. The predicted molar refractivity (Wildman–Crippen MR) is 83.3 cm³/mol. The van der Waals surface area contributed by atoms with Crippen LogP contribution in [0.15, 0.2) is 0 Å². The van der Waals surface area contributed by atoms with E-state index in [9.17, 15) is 9.90 Å². The lowest BCUT2D eigenvalue weighted by Gasteiger charge is -2.34. The fourth-order valence-corrected chi connectivity index (χ4v) is 2.45. The molecule has 3 nitrogen and oxygen atoms in total. The summed E-state index contributed by atoms with van der Waals surface area (Å²) in [5.41, 5.74) is 0. The van der Waals surface area contributed by atoms with Gasteiger partial charge in [-0.2, -0.15) is 0 Å². The van der Waals surface area contributed by atoms with Gasteiger partial charge >= 0.3 is 5.97 Å². The van der Waals surface area contributed by atoms with E-state index >= 15 is 0 Å². The zero-order valence-corrected chi connectivity index (χ0v) is 14.1. The molecule has 1 N–H and O–H groups in total. The molecule has 0 radical (unpaired) electrons. The third-order valence-electron chi connectivity index (χ3n) is 4.28.